The molecule has 6 heteroatoms. The second-order valence-electron chi connectivity index (χ2n) is 6.70. The topological polar surface area (TPSA) is 45.5 Å². The molecule has 1 aromatic heterocycles. The maximum absolute atomic E-state index is 6.17. The van der Waals surface area contributed by atoms with Crippen molar-refractivity contribution in [3.05, 3.63) is 52.8 Å². The van der Waals surface area contributed by atoms with Crippen molar-refractivity contribution in [1.29, 1.82) is 0 Å². The van der Waals surface area contributed by atoms with Gasteiger partial charge in [-0.3, -0.25) is 0 Å². The summed E-state index contributed by atoms with van der Waals surface area (Å²) < 4.78 is 18.9. The fraction of sp³-hybridized carbons (Fsp3) is 0.381. The molecule has 2 aromatic carbocycles. The fourth-order valence-corrected chi connectivity index (χ4v) is 3.83. The molecule has 1 saturated heterocycles. The van der Waals surface area contributed by atoms with Crippen molar-refractivity contribution in [2.75, 3.05) is 20.8 Å². The van der Waals surface area contributed by atoms with Crippen LogP contribution in [0.2, 0.25) is 5.02 Å². The maximum atomic E-state index is 6.17. The third kappa shape index (κ3) is 3.62. The molecule has 1 aliphatic heterocycles. The molecule has 4 rings (SSSR count). The lowest BCUT2D eigenvalue weighted by Gasteiger charge is -2.14. The van der Waals surface area contributed by atoms with E-state index in [0.29, 0.717) is 5.02 Å². The van der Waals surface area contributed by atoms with Gasteiger partial charge >= 0.3 is 0 Å². The van der Waals surface area contributed by atoms with E-state index in [1.807, 2.05) is 30.3 Å². The van der Waals surface area contributed by atoms with Crippen LogP contribution in [0.15, 0.2) is 36.4 Å². The molecule has 142 valence electrons. The zero-order chi connectivity index (χ0) is 18.8. The van der Waals surface area contributed by atoms with E-state index in [1.54, 1.807) is 14.2 Å². The normalized spacial score (nSPS) is 16.8. The van der Waals surface area contributed by atoms with Gasteiger partial charge in [0.2, 0.25) is 0 Å². The molecule has 2 heterocycles. The molecule has 27 heavy (non-hydrogen) atoms. The van der Waals surface area contributed by atoms with E-state index in [-0.39, 0.29) is 6.10 Å². The zero-order valence-corrected chi connectivity index (χ0v) is 16.3. The van der Waals surface area contributed by atoms with Gasteiger partial charge in [-0.15, -0.1) is 0 Å². The van der Waals surface area contributed by atoms with Crippen molar-refractivity contribution in [2.24, 2.45) is 0 Å². The summed E-state index contributed by atoms with van der Waals surface area (Å²) >= 11 is 6.17. The van der Waals surface area contributed by atoms with Crippen LogP contribution >= 0.6 is 11.6 Å². The number of hydrogen-bond acceptors (Lipinski definition) is 4. The number of ether oxygens (including phenoxy) is 3. The Balaban J connectivity index is 1.65. The van der Waals surface area contributed by atoms with Gasteiger partial charge in [-0.05, 0) is 55.2 Å². The standard InChI is InChI=1S/C21H23ClN2O3/c1-25-18-8-5-14(12-20(18)26-2)9-10-24-17-7-6-15(22)13-16(17)23-21(24)19-4-3-11-27-19/h5-8,12-13,19H,3-4,9-11H2,1-2H3. The van der Waals surface area contributed by atoms with E-state index >= 15 is 0 Å². The number of nitrogens with zero attached hydrogens (tertiary/aromatic N) is 2. The highest BCUT2D eigenvalue weighted by Crippen LogP contribution is 2.32. The van der Waals surface area contributed by atoms with E-state index < -0.39 is 0 Å². The van der Waals surface area contributed by atoms with Crippen LogP contribution in [0.1, 0.15) is 30.3 Å². The third-order valence-corrected chi connectivity index (χ3v) is 5.26. The number of methoxy groups -OCH3 is 2. The van der Waals surface area contributed by atoms with Crippen molar-refractivity contribution in [3.8, 4) is 11.5 Å². The molecule has 1 atom stereocenters. The van der Waals surface area contributed by atoms with Crippen molar-refractivity contribution in [1.82, 2.24) is 9.55 Å². The highest BCUT2D eigenvalue weighted by atomic mass is 35.5. The third-order valence-electron chi connectivity index (χ3n) is 5.03. The summed E-state index contributed by atoms with van der Waals surface area (Å²) in [6, 6.07) is 11.9. The van der Waals surface area contributed by atoms with Gasteiger partial charge in [0.25, 0.3) is 0 Å². The van der Waals surface area contributed by atoms with Crippen LogP contribution in [0.4, 0.5) is 0 Å². The molecular formula is C21H23ClN2O3. The predicted octanol–water partition coefficient (Wildman–Crippen LogP) is 4.80. The highest BCUT2D eigenvalue weighted by Gasteiger charge is 2.24. The van der Waals surface area contributed by atoms with Crippen LogP contribution in [0.3, 0.4) is 0 Å². The first-order valence-corrected chi connectivity index (χ1v) is 9.55. The van der Waals surface area contributed by atoms with Crippen LogP contribution in [-0.2, 0) is 17.7 Å². The summed E-state index contributed by atoms with van der Waals surface area (Å²) in [5, 5.41) is 0.700. The summed E-state index contributed by atoms with van der Waals surface area (Å²) in [6.45, 7) is 1.60. The lowest BCUT2D eigenvalue weighted by molar-refractivity contribution is 0.102. The molecule has 1 fully saturated rings. The Morgan fingerprint density at radius 2 is 2.00 bits per heavy atom. The maximum Gasteiger partial charge on any atom is 0.160 e. The van der Waals surface area contributed by atoms with Gasteiger partial charge in [-0.2, -0.15) is 0 Å². The molecular weight excluding hydrogens is 364 g/mol. The molecule has 0 bridgehead atoms. The van der Waals surface area contributed by atoms with Crippen molar-refractivity contribution >= 4 is 22.6 Å². The average molecular weight is 387 g/mol. The Kier molecular flexibility index (Phi) is 5.23. The van der Waals surface area contributed by atoms with E-state index in [9.17, 15) is 0 Å². The molecule has 3 aromatic rings. The van der Waals surface area contributed by atoms with Crippen LogP contribution in [-0.4, -0.2) is 30.4 Å². The molecule has 5 nitrogen and oxygen atoms in total. The molecule has 0 aliphatic carbocycles. The quantitative estimate of drug-likeness (QED) is 0.610. The first kappa shape index (κ1) is 18.1. The molecule has 0 spiro atoms. The van der Waals surface area contributed by atoms with Gasteiger partial charge < -0.3 is 18.8 Å². The second kappa shape index (κ2) is 7.79. The number of halogens is 1. The Bertz CT molecular complexity index is 948. The number of fused-ring (bicyclic) bond motifs is 1. The number of hydrogen-bond donors (Lipinski definition) is 0. The van der Waals surface area contributed by atoms with Crippen LogP contribution in [0, 0.1) is 0 Å². The number of aromatic nitrogens is 2. The molecule has 1 unspecified atom stereocenters. The van der Waals surface area contributed by atoms with Gasteiger partial charge in [-0.1, -0.05) is 17.7 Å². The number of rotatable bonds is 6. The van der Waals surface area contributed by atoms with E-state index in [4.69, 9.17) is 30.8 Å². The first-order valence-electron chi connectivity index (χ1n) is 9.18. The molecule has 0 radical (unpaired) electrons. The molecule has 0 saturated carbocycles. The summed E-state index contributed by atoms with van der Waals surface area (Å²) in [7, 11) is 3.30. The van der Waals surface area contributed by atoms with Gasteiger partial charge in [0.15, 0.2) is 11.5 Å². The monoisotopic (exact) mass is 386 g/mol. The SMILES string of the molecule is COc1ccc(CCn2c(C3CCCO3)nc3cc(Cl)ccc32)cc1OC. The minimum Gasteiger partial charge on any atom is -0.493 e. The molecule has 0 N–H and O–H groups in total. The van der Waals surface area contributed by atoms with Gasteiger partial charge in [0, 0.05) is 18.2 Å². The summed E-state index contributed by atoms with van der Waals surface area (Å²) in [4.78, 5) is 4.84. The Labute approximate surface area is 163 Å². The van der Waals surface area contributed by atoms with E-state index in [1.165, 1.54) is 5.56 Å². The van der Waals surface area contributed by atoms with Crippen LogP contribution in [0.5, 0.6) is 11.5 Å². The minimum atomic E-state index is 0.0570. The van der Waals surface area contributed by atoms with Gasteiger partial charge in [0.05, 0.1) is 25.3 Å². The first-order chi connectivity index (χ1) is 13.2. The van der Waals surface area contributed by atoms with E-state index in [2.05, 4.69) is 10.6 Å². The van der Waals surface area contributed by atoms with Crippen LogP contribution < -0.4 is 9.47 Å². The fourth-order valence-electron chi connectivity index (χ4n) is 3.66. The largest absolute Gasteiger partial charge is 0.493 e. The Morgan fingerprint density at radius 3 is 2.74 bits per heavy atom. The minimum absolute atomic E-state index is 0.0570. The molecule has 0 amide bonds. The summed E-state index contributed by atoms with van der Waals surface area (Å²) in [5.74, 6) is 2.48. The van der Waals surface area contributed by atoms with Crippen molar-refractivity contribution < 1.29 is 14.2 Å². The van der Waals surface area contributed by atoms with E-state index in [0.717, 1.165) is 60.8 Å². The van der Waals surface area contributed by atoms with Crippen molar-refractivity contribution in [3.63, 3.8) is 0 Å². The predicted molar refractivity (Wildman–Crippen MR) is 106 cm³/mol. The summed E-state index contributed by atoms with van der Waals surface area (Å²) in [6.07, 6.45) is 2.99. The Morgan fingerprint density at radius 1 is 1.15 bits per heavy atom. The van der Waals surface area contributed by atoms with Gasteiger partial charge in [-0.25, -0.2) is 4.98 Å². The number of aryl methyl sites for hydroxylation is 2. The number of benzene rings is 2. The van der Waals surface area contributed by atoms with Crippen molar-refractivity contribution in [2.45, 2.75) is 31.9 Å². The zero-order valence-electron chi connectivity index (χ0n) is 15.6. The second-order valence-corrected chi connectivity index (χ2v) is 7.13. The molecule has 1 aliphatic rings. The smallest absolute Gasteiger partial charge is 0.160 e. The van der Waals surface area contributed by atoms with Crippen LogP contribution in [0.25, 0.3) is 11.0 Å². The van der Waals surface area contributed by atoms with Gasteiger partial charge in [0.1, 0.15) is 11.9 Å². The number of imidazole rings is 1. The summed E-state index contributed by atoms with van der Waals surface area (Å²) in [5.41, 5.74) is 3.19. The Hall–Kier alpha value is -2.24. The lowest BCUT2D eigenvalue weighted by atomic mass is 10.1. The average Bonchev–Trinajstić information content (AvgIpc) is 3.33. The highest BCUT2D eigenvalue weighted by molar-refractivity contribution is 6.31. The lowest BCUT2D eigenvalue weighted by Crippen LogP contribution is -2.10.